The number of nitrogens with zero attached hydrogens (tertiary/aromatic N) is 10. The van der Waals surface area contributed by atoms with Gasteiger partial charge in [-0.3, -0.25) is 33.2 Å². The Balaban J connectivity index is 0.765. The summed E-state index contributed by atoms with van der Waals surface area (Å²) in [6.45, 7) is 8.30. The normalized spacial score (nSPS) is 17.3. The lowest BCUT2D eigenvalue weighted by Crippen LogP contribution is -2.49. The highest BCUT2D eigenvalue weighted by Gasteiger charge is 2.35. The number of likely N-dealkylation sites (tertiary alicyclic amines) is 2. The molecule has 1 atom stereocenters. The van der Waals surface area contributed by atoms with Gasteiger partial charge in [0.05, 0.1) is 46.8 Å². The molecule has 21 heteroatoms. The summed E-state index contributed by atoms with van der Waals surface area (Å²) < 4.78 is 69.4. The summed E-state index contributed by atoms with van der Waals surface area (Å²) in [7, 11) is 4.74. The molecule has 6 heterocycles. The average molecular weight is 1000 g/mol. The maximum absolute atomic E-state index is 15.4. The maximum atomic E-state index is 15.4. The van der Waals surface area contributed by atoms with E-state index in [9.17, 15) is 37.1 Å². The van der Waals surface area contributed by atoms with E-state index < -0.39 is 35.2 Å². The van der Waals surface area contributed by atoms with E-state index in [1.165, 1.54) is 42.0 Å². The number of pyridine rings is 1. The molecule has 1 N–H and O–H groups in total. The number of amides is 2. The molecule has 72 heavy (non-hydrogen) atoms. The zero-order chi connectivity index (χ0) is 51.1. The Morgan fingerprint density at radius 2 is 1.67 bits per heavy atom. The number of anilines is 1. The first-order chi connectivity index (χ1) is 34.6. The van der Waals surface area contributed by atoms with Gasteiger partial charge in [0.25, 0.3) is 5.91 Å². The van der Waals surface area contributed by atoms with E-state index in [2.05, 4.69) is 30.2 Å². The largest absolute Gasteiger partial charge is 0.418 e. The number of nitrogens with one attached hydrogen (secondary N) is 1. The monoisotopic (exact) mass is 1000 g/mol. The summed E-state index contributed by atoms with van der Waals surface area (Å²) in [5, 5.41) is 10.5. The quantitative estimate of drug-likeness (QED) is 0.0915. The number of imidazole rings is 1. The Kier molecular flexibility index (Phi) is 16.7. The van der Waals surface area contributed by atoms with Crippen molar-refractivity contribution in [3.63, 3.8) is 0 Å². The average Bonchev–Trinajstić information content (AvgIpc) is 3.94. The van der Waals surface area contributed by atoms with Crippen LogP contribution in [0.4, 0.5) is 23.2 Å². The fourth-order valence-electron chi connectivity index (χ4n) is 10.2. The van der Waals surface area contributed by atoms with Gasteiger partial charge in [-0.25, -0.2) is 9.18 Å². The van der Waals surface area contributed by atoms with Crippen LogP contribution in [-0.2, 0) is 40.5 Å². The number of carbonyl (C=O) groups excluding carboxylic acids is 4. The second-order valence-electron chi connectivity index (χ2n) is 19.3. The van der Waals surface area contributed by atoms with Crippen molar-refractivity contribution < 1.29 is 41.5 Å². The third-order valence-corrected chi connectivity index (χ3v) is 14.5. The first kappa shape index (κ1) is 52.0. The number of likely N-dealkylation sites (N-methyl/N-ethyl adjacent to an activating group) is 1. The minimum Gasteiger partial charge on any atom is -0.377 e. The number of alkyl halides is 3. The molecule has 0 spiro atoms. The number of ether oxygens (including phenoxy) is 1. The van der Waals surface area contributed by atoms with Crippen LogP contribution in [0.3, 0.4) is 0 Å². The van der Waals surface area contributed by atoms with Crippen molar-refractivity contribution in [1.29, 1.82) is 0 Å². The van der Waals surface area contributed by atoms with Crippen LogP contribution in [-0.4, -0.2) is 166 Å². The molecule has 5 aromatic rings. The van der Waals surface area contributed by atoms with Crippen molar-refractivity contribution in [1.82, 2.24) is 48.6 Å². The van der Waals surface area contributed by atoms with E-state index in [1.54, 1.807) is 29.1 Å². The molecule has 2 amide bonds. The van der Waals surface area contributed by atoms with E-state index in [0.717, 1.165) is 74.0 Å². The second kappa shape index (κ2) is 23.1. The minimum atomic E-state index is -4.67. The summed E-state index contributed by atoms with van der Waals surface area (Å²) in [6, 6.07) is 9.84. The van der Waals surface area contributed by atoms with Gasteiger partial charge in [-0.05, 0) is 92.6 Å². The molecular weight excluding hydrogens is 939 g/mol. The summed E-state index contributed by atoms with van der Waals surface area (Å²) >= 11 is 0. The van der Waals surface area contributed by atoms with E-state index in [1.807, 2.05) is 18.0 Å². The molecule has 3 saturated heterocycles. The van der Waals surface area contributed by atoms with Gasteiger partial charge in [0.15, 0.2) is 6.29 Å². The molecule has 17 nitrogen and oxygen atoms in total. The first-order valence-electron chi connectivity index (χ1n) is 24.6. The Labute approximate surface area is 415 Å². The minimum absolute atomic E-state index is 0.00209. The van der Waals surface area contributed by atoms with Crippen LogP contribution in [0.1, 0.15) is 81.8 Å². The van der Waals surface area contributed by atoms with Crippen LogP contribution >= 0.6 is 0 Å². The number of aromatic nitrogens is 5. The molecule has 3 aromatic heterocycles. The maximum Gasteiger partial charge on any atom is 0.418 e. The molecule has 8 rings (SSSR count). The number of aldehydes is 2. The molecule has 3 fully saturated rings. The second-order valence-corrected chi connectivity index (χ2v) is 19.3. The molecule has 0 aliphatic carbocycles. The van der Waals surface area contributed by atoms with Crippen molar-refractivity contribution in [3.8, 4) is 5.69 Å². The van der Waals surface area contributed by atoms with Crippen molar-refractivity contribution in [2.75, 3.05) is 91.0 Å². The number of carbonyl (C=O) groups is 4. The van der Waals surface area contributed by atoms with E-state index in [4.69, 9.17) is 4.74 Å². The third kappa shape index (κ3) is 12.3. The van der Waals surface area contributed by atoms with Crippen molar-refractivity contribution in [3.05, 3.63) is 111 Å². The number of piperazine rings is 1. The number of hydrogen-bond donors (Lipinski definition) is 1. The highest BCUT2D eigenvalue weighted by atomic mass is 19.4. The fourth-order valence-corrected chi connectivity index (χ4v) is 10.2. The fraction of sp³-hybridized carbons (Fsp3) is 0.510. The molecule has 3 aliphatic rings. The Morgan fingerprint density at radius 1 is 0.931 bits per heavy atom. The lowest BCUT2D eigenvalue weighted by atomic mass is 9.96. The van der Waals surface area contributed by atoms with E-state index in [-0.39, 0.29) is 53.7 Å². The van der Waals surface area contributed by atoms with E-state index in [0.29, 0.717) is 87.9 Å². The Hall–Kier alpha value is -6.29. The van der Waals surface area contributed by atoms with Gasteiger partial charge < -0.3 is 34.1 Å². The molecule has 3 aliphatic heterocycles. The highest BCUT2D eigenvalue weighted by Crippen LogP contribution is 2.34. The van der Waals surface area contributed by atoms with Gasteiger partial charge in [-0.2, -0.15) is 13.2 Å². The van der Waals surface area contributed by atoms with Gasteiger partial charge in [0.1, 0.15) is 24.3 Å². The van der Waals surface area contributed by atoms with Gasteiger partial charge in [-0.15, -0.1) is 10.2 Å². The zero-order valence-electron chi connectivity index (χ0n) is 41.0. The van der Waals surface area contributed by atoms with Crippen LogP contribution < -0.4 is 15.9 Å². The number of benzene rings is 2. The number of hydrogen-bond acceptors (Lipinski definition) is 12. The van der Waals surface area contributed by atoms with Crippen molar-refractivity contribution in [2.45, 2.75) is 69.8 Å². The molecule has 2 aromatic carbocycles. The molecule has 0 bridgehead atoms. The topological polar surface area (TPSA) is 163 Å². The molecule has 0 saturated carbocycles. The van der Waals surface area contributed by atoms with Gasteiger partial charge in [-0.1, -0.05) is 12.1 Å². The number of rotatable bonds is 19. The van der Waals surface area contributed by atoms with Gasteiger partial charge >= 0.3 is 11.9 Å². The zero-order valence-corrected chi connectivity index (χ0v) is 41.0. The Bertz CT molecular complexity index is 2770. The molecule has 1 unspecified atom stereocenters. The third-order valence-electron chi connectivity index (χ3n) is 14.5. The summed E-state index contributed by atoms with van der Waals surface area (Å²) in [6.07, 6.45) is 4.95. The smallest absolute Gasteiger partial charge is 0.377 e. The number of piperidine rings is 2. The van der Waals surface area contributed by atoms with Crippen molar-refractivity contribution in [2.24, 2.45) is 13.0 Å². The van der Waals surface area contributed by atoms with Crippen LogP contribution in [0, 0.1) is 11.7 Å². The summed E-state index contributed by atoms with van der Waals surface area (Å²) in [4.78, 5) is 72.7. The van der Waals surface area contributed by atoms with Crippen LogP contribution in [0.15, 0.2) is 66.0 Å². The number of fused-ring (bicyclic) bond motifs is 1. The van der Waals surface area contributed by atoms with Crippen LogP contribution in [0.5, 0.6) is 0 Å². The Morgan fingerprint density at radius 3 is 2.33 bits per heavy atom. The standard InChI is InChI=1S/C51H63F4N11O6/c1-56-48(69)8-7-40(33-68)60(3)49(70)42-27-45(44(52)26-38(42)32-67)64-19-17-63(18-20-64)28-35-9-13-61(14-10-35)21-22-72-41-11-15-62(16-12-41)29-37-24-43(51(53,54)55)46-31-65(50(71)66(46)30-37)39-6-4-5-36(23-39)25-47-58-57-34-59(47)2/h4-6,23-24,26-27,30-35,40-41H,7-22,25,28-29H2,1-3H3,(H,56,69). The van der Waals surface area contributed by atoms with Gasteiger partial charge in [0, 0.05) is 111 Å². The first-order valence-corrected chi connectivity index (χ1v) is 24.6. The molecule has 386 valence electrons. The number of aryl methyl sites for hydroxylation is 1. The van der Waals surface area contributed by atoms with E-state index >= 15 is 4.39 Å². The van der Waals surface area contributed by atoms with Crippen LogP contribution in [0.25, 0.3) is 11.2 Å². The highest BCUT2D eigenvalue weighted by molar-refractivity contribution is 6.03. The SMILES string of the molecule is CNC(=O)CCC(C=O)N(C)C(=O)c1cc(N2CCN(CC3CCN(CCOC4CCN(Cc5cc(C(F)(F)F)c6cn(-c7cccc(Cc8nncn8C)c7)c(=O)n6c5)CC4)CC3)CC2)c(F)cc1C=O. The predicted molar refractivity (Wildman–Crippen MR) is 261 cm³/mol. The van der Waals surface area contributed by atoms with Crippen LogP contribution in [0.2, 0.25) is 0 Å². The summed E-state index contributed by atoms with van der Waals surface area (Å²) in [5.41, 5.74) is 0.169. The molecule has 0 radical (unpaired) electrons. The van der Waals surface area contributed by atoms with Gasteiger partial charge in [0.2, 0.25) is 5.91 Å². The number of halogens is 4. The van der Waals surface area contributed by atoms with Crippen molar-refractivity contribution >= 4 is 35.6 Å². The predicted octanol–water partition coefficient (Wildman–Crippen LogP) is 4.46. The molecular formula is C51H63F4N11O6. The summed E-state index contributed by atoms with van der Waals surface area (Å²) in [5.74, 6) is -0.252. The lowest BCUT2D eigenvalue weighted by Gasteiger charge is -2.40. The lowest BCUT2D eigenvalue weighted by molar-refractivity contribution is -0.136.